The lowest BCUT2D eigenvalue weighted by molar-refractivity contribution is -0.110. The Labute approximate surface area is 167 Å². The van der Waals surface area contributed by atoms with Gasteiger partial charge in [-0.2, -0.15) is 4.98 Å². The van der Waals surface area contributed by atoms with E-state index in [2.05, 4.69) is 20.3 Å². The van der Waals surface area contributed by atoms with Gasteiger partial charge in [-0.15, -0.1) is 0 Å². The zero-order chi connectivity index (χ0) is 21.1. The average molecular weight is 394 g/mol. The molecule has 0 aliphatic heterocycles. The zero-order valence-electron chi connectivity index (χ0n) is 16.6. The number of aromatic amines is 1. The van der Waals surface area contributed by atoms with Crippen molar-refractivity contribution in [1.82, 2.24) is 15.0 Å². The highest BCUT2D eigenvalue weighted by Gasteiger charge is 2.15. The summed E-state index contributed by atoms with van der Waals surface area (Å²) in [4.78, 5) is 24.1. The minimum Gasteiger partial charge on any atom is -0.481 e. The fraction of sp³-hybridized carbons (Fsp3) is 0.200. The number of methoxy groups -OCH3 is 2. The van der Waals surface area contributed by atoms with Crippen LogP contribution in [0.1, 0.15) is 13.8 Å². The highest BCUT2D eigenvalue weighted by molar-refractivity contribution is 6.47. The smallest absolute Gasteiger partial charge is 0.273 e. The van der Waals surface area contributed by atoms with Crippen LogP contribution in [0.2, 0.25) is 0 Å². The van der Waals surface area contributed by atoms with E-state index < -0.39 is 5.91 Å². The van der Waals surface area contributed by atoms with Gasteiger partial charge in [-0.05, 0) is 37.6 Å². The Morgan fingerprint density at radius 3 is 2.62 bits per heavy atom. The third kappa shape index (κ3) is 4.03. The maximum Gasteiger partial charge on any atom is 0.273 e. The Hall–Kier alpha value is -3.88. The van der Waals surface area contributed by atoms with Gasteiger partial charge in [-0.3, -0.25) is 10.2 Å². The van der Waals surface area contributed by atoms with Gasteiger partial charge < -0.3 is 25.5 Å². The molecular formula is C20H22N6O3. The van der Waals surface area contributed by atoms with Crippen LogP contribution in [0.15, 0.2) is 41.7 Å². The molecule has 0 fully saturated rings. The third-order valence-electron chi connectivity index (χ3n) is 4.45. The number of hydrogen-bond acceptors (Lipinski definition) is 7. The second-order valence-electron chi connectivity index (χ2n) is 6.39. The monoisotopic (exact) mass is 394 g/mol. The first kappa shape index (κ1) is 19.9. The van der Waals surface area contributed by atoms with Gasteiger partial charge >= 0.3 is 0 Å². The van der Waals surface area contributed by atoms with E-state index in [0.29, 0.717) is 34.4 Å². The number of allylic oxidation sites excluding steroid dienone is 1. The second kappa shape index (κ2) is 8.01. The van der Waals surface area contributed by atoms with Gasteiger partial charge in [0.2, 0.25) is 11.8 Å². The molecule has 0 spiro atoms. The molecule has 0 atom stereocenters. The third-order valence-corrected chi connectivity index (χ3v) is 4.45. The Morgan fingerprint density at radius 2 is 1.97 bits per heavy atom. The summed E-state index contributed by atoms with van der Waals surface area (Å²) in [5.74, 6) is 0.312. The number of nitrogens with one attached hydrogen (secondary N) is 3. The fourth-order valence-corrected chi connectivity index (χ4v) is 2.69. The number of amides is 1. The molecule has 29 heavy (non-hydrogen) atoms. The topological polar surface area (TPSA) is 139 Å². The van der Waals surface area contributed by atoms with Crippen LogP contribution < -0.4 is 20.5 Å². The molecule has 0 saturated heterocycles. The van der Waals surface area contributed by atoms with E-state index >= 15 is 0 Å². The van der Waals surface area contributed by atoms with Crippen molar-refractivity contribution in [2.45, 2.75) is 13.8 Å². The first-order chi connectivity index (χ1) is 13.8. The molecule has 0 unspecified atom stereocenters. The van der Waals surface area contributed by atoms with Crippen molar-refractivity contribution >= 4 is 28.3 Å². The molecule has 0 radical (unpaired) electrons. The summed E-state index contributed by atoms with van der Waals surface area (Å²) in [6, 6.07) is 7.22. The number of rotatable bonds is 6. The molecule has 9 heteroatoms. The molecule has 150 valence electrons. The maximum absolute atomic E-state index is 12.3. The largest absolute Gasteiger partial charge is 0.481 e. The van der Waals surface area contributed by atoms with Crippen LogP contribution in [-0.2, 0) is 4.79 Å². The number of carbonyl (C=O) groups excluding carboxylic acids is 1. The fourth-order valence-electron chi connectivity index (χ4n) is 2.69. The first-order valence-corrected chi connectivity index (χ1v) is 8.75. The molecule has 0 aliphatic rings. The number of pyridine rings is 2. The van der Waals surface area contributed by atoms with Crippen molar-refractivity contribution in [3.05, 3.63) is 41.7 Å². The number of H-pyrrole nitrogens is 1. The SMILES string of the molecule is COc1ccc(-c2cc3cc(NC(=O)C(=N)/C(C)=C(/C)N)cnc3[nH]2)c(OC)n1. The van der Waals surface area contributed by atoms with Gasteiger partial charge in [-0.1, -0.05) is 0 Å². The Morgan fingerprint density at radius 1 is 1.21 bits per heavy atom. The van der Waals surface area contributed by atoms with Crippen LogP contribution in [0.25, 0.3) is 22.3 Å². The van der Waals surface area contributed by atoms with Crippen LogP contribution in [0.4, 0.5) is 5.69 Å². The minimum atomic E-state index is -0.551. The summed E-state index contributed by atoms with van der Waals surface area (Å²) in [7, 11) is 3.07. The molecule has 9 nitrogen and oxygen atoms in total. The number of nitrogens with two attached hydrogens (primary N) is 1. The minimum absolute atomic E-state index is 0.186. The standard InChI is InChI=1S/C20H22N6O3/c1-10(11(2)21)17(22)19(27)24-13-7-12-8-15(25-18(12)23-9-13)14-5-6-16(28-3)26-20(14)29-4/h5-9,22H,21H2,1-4H3,(H,23,25)(H,24,27)/b11-10-,22-17?. The summed E-state index contributed by atoms with van der Waals surface area (Å²) in [6.45, 7) is 3.28. The number of carbonyl (C=O) groups is 1. The molecule has 0 aromatic carbocycles. The predicted octanol–water partition coefficient (Wildman–Crippen LogP) is 2.85. The van der Waals surface area contributed by atoms with Crippen LogP contribution >= 0.6 is 0 Å². The lowest BCUT2D eigenvalue weighted by atomic mass is 10.1. The quantitative estimate of drug-likeness (QED) is 0.474. The summed E-state index contributed by atoms with van der Waals surface area (Å²) in [5.41, 5.74) is 8.95. The Bertz CT molecular complexity index is 1130. The van der Waals surface area contributed by atoms with E-state index in [1.807, 2.05) is 12.1 Å². The summed E-state index contributed by atoms with van der Waals surface area (Å²) in [6.07, 6.45) is 1.52. The van der Waals surface area contributed by atoms with Crippen LogP contribution in [0, 0.1) is 5.41 Å². The number of fused-ring (bicyclic) bond motifs is 1. The lowest BCUT2D eigenvalue weighted by Crippen LogP contribution is -2.24. The molecule has 0 bridgehead atoms. The van der Waals surface area contributed by atoms with E-state index in [1.54, 1.807) is 26.0 Å². The number of aromatic nitrogens is 3. The second-order valence-corrected chi connectivity index (χ2v) is 6.39. The molecule has 3 aromatic rings. The van der Waals surface area contributed by atoms with Gasteiger partial charge in [0.25, 0.3) is 5.91 Å². The molecule has 5 N–H and O–H groups in total. The van der Waals surface area contributed by atoms with Crippen molar-refractivity contribution in [1.29, 1.82) is 5.41 Å². The molecule has 3 heterocycles. The number of nitrogens with zero attached hydrogens (tertiary/aromatic N) is 2. The van der Waals surface area contributed by atoms with Gasteiger partial charge in [-0.25, -0.2) is 4.98 Å². The molecule has 1 amide bonds. The number of ether oxygens (including phenoxy) is 2. The van der Waals surface area contributed by atoms with Crippen molar-refractivity contribution in [2.24, 2.45) is 5.73 Å². The van der Waals surface area contributed by atoms with Gasteiger partial charge in [0.05, 0.1) is 37.4 Å². The molecule has 3 rings (SSSR count). The Kier molecular flexibility index (Phi) is 5.49. The van der Waals surface area contributed by atoms with Crippen LogP contribution in [0.3, 0.4) is 0 Å². The predicted molar refractivity (Wildman–Crippen MR) is 111 cm³/mol. The van der Waals surface area contributed by atoms with E-state index in [4.69, 9.17) is 20.6 Å². The summed E-state index contributed by atoms with van der Waals surface area (Å²) >= 11 is 0. The number of anilines is 1. The van der Waals surface area contributed by atoms with Crippen molar-refractivity contribution in [3.8, 4) is 23.0 Å². The highest BCUT2D eigenvalue weighted by atomic mass is 16.5. The van der Waals surface area contributed by atoms with Gasteiger partial charge in [0.15, 0.2) is 0 Å². The van der Waals surface area contributed by atoms with E-state index in [1.165, 1.54) is 20.4 Å². The van der Waals surface area contributed by atoms with Crippen LogP contribution in [0.5, 0.6) is 11.8 Å². The summed E-state index contributed by atoms with van der Waals surface area (Å²) < 4.78 is 10.5. The normalized spacial score (nSPS) is 11.7. The number of hydrogen-bond donors (Lipinski definition) is 4. The van der Waals surface area contributed by atoms with E-state index in [0.717, 1.165) is 16.6 Å². The van der Waals surface area contributed by atoms with E-state index in [-0.39, 0.29) is 5.71 Å². The first-order valence-electron chi connectivity index (χ1n) is 8.75. The average Bonchev–Trinajstić information content (AvgIpc) is 3.14. The van der Waals surface area contributed by atoms with Crippen LogP contribution in [-0.4, -0.2) is 40.8 Å². The molecule has 0 saturated carbocycles. The Balaban J connectivity index is 1.90. The zero-order valence-corrected chi connectivity index (χ0v) is 16.6. The highest BCUT2D eigenvalue weighted by Crippen LogP contribution is 2.32. The van der Waals surface area contributed by atoms with E-state index in [9.17, 15) is 4.79 Å². The van der Waals surface area contributed by atoms with Gasteiger partial charge in [0, 0.05) is 17.1 Å². The molecular weight excluding hydrogens is 372 g/mol. The van der Waals surface area contributed by atoms with Crippen molar-refractivity contribution in [3.63, 3.8) is 0 Å². The molecule has 0 aliphatic carbocycles. The van der Waals surface area contributed by atoms with Crippen molar-refractivity contribution < 1.29 is 14.3 Å². The van der Waals surface area contributed by atoms with Gasteiger partial charge in [0.1, 0.15) is 11.4 Å². The van der Waals surface area contributed by atoms with Crippen molar-refractivity contribution in [2.75, 3.05) is 19.5 Å². The maximum atomic E-state index is 12.3. The lowest BCUT2D eigenvalue weighted by Gasteiger charge is -2.07. The molecule has 3 aromatic heterocycles. The summed E-state index contributed by atoms with van der Waals surface area (Å²) in [5, 5.41) is 11.4.